The third kappa shape index (κ3) is 5.27. The molecule has 0 heterocycles. The van der Waals surface area contributed by atoms with Crippen molar-refractivity contribution in [1.29, 1.82) is 0 Å². The molecule has 1 amide bonds. The van der Waals surface area contributed by atoms with Gasteiger partial charge in [0, 0.05) is 6.07 Å². The number of carbonyl (C=O) groups excluding carboxylic acids is 1. The van der Waals surface area contributed by atoms with Crippen molar-refractivity contribution in [1.82, 2.24) is 0 Å². The molecule has 0 unspecified atom stereocenters. The maximum absolute atomic E-state index is 12.5. The van der Waals surface area contributed by atoms with Gasteiger partial charge < -0.3 is 19.5 Å². The SMILES string of the molecule is COc1ccc(N(CC(=O)Nc2ccc(OC)cc2OC)S(C)(=O)=O)cc1. The summed E-state index contributed by atoms with van der Waals surface area (Å²) in [6, 6.07) is 11.3. The van der Waals surface area contributed by atoms with Gasteiger partial charge in [0.25, 0.3) is 0 Å². The Kier molecular flexibility index (Phi) is 6.51. The van der Waals surface area contributed by atoms with Crippen molar-refractivity contribution in [2.75, 3.05) is 43.8 Å². The first-order chi connectivity index (χ1) is 12.8. The number of nitrogens with zero attached hydrogens (tertiary/aromatic N) is 1. The Morgan fingerprint density at radius 2 is 1.56 bits per heavy atom. The molecule has 27 heavy (non-hydrogen) atoms. The van der Waals surface area contributed by atoms with Gasteiger partial charge >= 0.3 is 0 Å². The average Bonchev–Trinajstić information content (AvgIpc) is 2.65. The number of anilines is 2. The lowest BCUT2D eigenvalue weighted by molar-refractivity contribution is -0.114. The smallest absolute Gasteiger partial charge is 0.245 e. The van der Waals surface area contributed by atoms with Crippen LogP contribution < -0.4 is 23.8 Å². The summed E-state index contributed by atoms with van der Waals surface area (Å²) in [7, 11) is 0.825. The van der Waals surface area contributed by atoms with Gasteiger partial charge in [-0.05, 0) is 36.4 Å². The van der Waals surface area contributed by atoms with Crippen molar-refractivity contribution >= 4 is 27.3 Å². The summed E-state index contributed by atoms with van der Waals surface area (Å²) in [5, 5.41) is 2.66. The molecule has 0 atom stereocenters. The molecule has 0 aliphatic heterocycles. The molecular weight excluding hydrogens is 372 g/mol. The predicted molar refractivity (Wildman–Crippen MR) is 103 cm³/mol. The second kappa shape index (κ2) is 8.63. The number of methoxy groups -OCH3 is 3. The van der Waals surface area contributed by atoms with Crippen molar-refractivity contribution in [2.24, 2.45) is 0 Å². The molecule has 0 radical (unpaired) electrons. The summed E-state index contributed by atoms with van der Waals surface area (Å²) in [6.45, 7) is -0.389. The summed E-state index contributed by atoms with van der Waals surface area (Å²) in [4.78, 5) is 12.5. The molecule has 0 saturated carbocycles. The van der Waals surface area contributed by atoms with Crippen molar-refractivity contribution in [3.05, 3.63) is 42.5 Å². The lowest BCUT2D eigenvalue weighted by atomic mass is 10.2. The van der Waals surface area contributed by atoms with E-state index in [1.807, 2.05) is 0 Å². The van der Waals surface area contributed by atoms with Gasteiger partial charge in [-0.25, -0.2) is 8.42 Å². The van der Waals surface area contributed by atoms with Crippen LogP contribution in [0.2, 0.25) is 0 Å². The fourth-order valence-electron chi connectivity index (χ4n) is 2.37. The number of carbonyl (C=O) groups is 1. The van der Waals surface area contributed by atoms with Gasteiger partial charge in [0.05, 0.1) is 39.0 Å². The van der Waals surface area contributed by atoms with Gasteiger partial charge in [0.2, 0.25) is 15.9 Å². The second-order valence-electron chi connectivity index (χ2n) is 5.58. The highest BCUT2D eigenvalue weighted by molar-refractivity contribution is 7.92. The van der Waals surface area contributed by atoms with Crippen molar-refractivity contribution < 1.29 is 27.4 Å². The maximum atomic E-state index is 12.5. The summed E-state index contributed by atoms with van der Waals surface area (Å²) >= 11 is 0. The summed E-state index contributed by atoms with van der Waals surface area (Å²) in [6.07, 6.45) is 1.04. The number of amides is 1. The molecule has 0 spiro atoms. The molecule has 146 valence electrons. The number of rotatable bonds is 8. The van der Waals surface area contributed by atoms with E-state index in [2.05, 4.69) is 5.32 Å². The Labute approximate surface area is 158 Å². The molecule has 2 aromatic carbocycles. The highest BCUT2D eigenvalue weighted by Gasteiger charge is 2.21. The predicted octanol–water partition coefficient (Wildman–Crippen LogP) is 2.12. The largest absolute Gasteiger partial charge is 0.497 e. The summed E-state index contributed by atoms with van der Waals surface area (Å²) in [5.41, 5.74) is 0.765. The number of hydrogen-bond acceptors (Lipinski definition) is 6. The zero-order valence-electron chi connectivity index (χ0n) is 15.6. The monoisotopic (exact) mass is 394 g/mol. The Bertz CT molecular complexity index is 897. The van der Waals surface area contributed by atoms with E-state index >= 15 is 0 Å². The van der Waals surface area contributed by atoms with Gasteiger partial charge in [-0.2, -0.15) is 0 Å². The van der Waals surface area contributed by atoms with Crippen molar-refractivity contribution in [3.63, 3.8) is 0 Å². The minimum absolute atomic E-state index is 0.357. The van der Waals surface area contributed by atoms with Crippen LogP contribution in [0.5, 0.6) is 17.2 Å². The molecule has 2 rings (SSSR count). The molecule has 0 bridgehead atoms. The fraction of sp³-hybridized carbons (Fsp3) is 0.278. The van der Waals surface area contributed by atoms with Crippen LogP contribution in [-0.4, -0.2) is 48.5 Å². The normalized spacial score (nSPS) is 10.8. The standard InChI is InChI=1S/C18H22N2O6S/c1-24-14-7-5-13(6-8-14)20(27(4,22)23)12-18(21)19-16-10-9-15(25-2)11-17(16)26-3/h5-11H,12H2,1-4H3,(H,19,21). The lowest BCUT2D eigenvalue weighted by Crippen LogP contribution is -2.37. The summed E-state index contributed by atoms with van der Waals surface area (Å²) < 4.78 is 40.7. The molecule has 9 heteroatoms. The van der Waals surface area contributed by atoms with Crippen LogP contribution in [0.15, 0.2) is 42.5 Å². The number of ether oxygens (including phenoxy) is 3. The molecule has 2 aromatic rings. The van der Waals surface area contributed by atoms with Crippen LogP contribution in [0.3, 0.4) is 0 Å². The van der Waals surface area contributed by atoms with Gasteiger partial charge in [0.15, 0.2) is 0 Å². The minimum Gasteiger partial charge on any atom is -0.497 e. The molecule has 8 nitrogen and oxygen atoms in total. The molecule has 0 aromatic heterocycles. The van der Waals surface area contributed by atoms with Gasteiger partial charge in [-0.3, -0.25) is 9.10 Å². The quantitative estimate of drug-likeness (QED) is 0.737. The molecule has 0 fully saturated rings. The Morgan fingerprint density at radius 3 is 2.07 bits per heavy atom. The lowest BCUT2D eigenvalue weighted by Gasteiger charge is -2.22. The molecular formula is C18H22N2O6S. The Balaban J connectivity index is 2.21. The van der Waals surface area contributed by atoms with E-state index < -0.39 is 15.9 Å². The molecule has 0 aliphatic carbocycles. The first-order valence-electron chi connectivity index (χ1n) is 7.92. The first kappa shape index (κ1) is 20.4. The third-order valence-corrected chi connectivity index (χ3v) is 4.87. The number of hydrogen-bond donors (Lipinski definition) is 1. The Morgan fingerprint density at radius 1 is 0.963 bits per heavy atom. The zero-order chi connectivity index (χ0) is 20.0. The van der Waals surface area contributed by atoms with E-state index in [4.69, 9.17) is 14.2 Å². The highest BCUT2D eigenvalue weighted by Crippen LogP contribution is 2.29. The molecule has 0 aliphatic rings. The minimum atomic E-state index is -3.67. The molecule has 0 saturated heterocycles. The van der Waals surface area contributed by atoms with Gasteiger partial charge in [-0.15, -0.1) is 0 Å². The maximum Gasteiger partial charge on any atom is 0.245 e. The third-order valence-electron chi connectivity index (χ3n) is 3.73. The number of benzene rings is 2. The van der Waals surface area contributed by atoms with E-state index in [9.17, 15) is 13.2 Å². The molecule has 1 N–H and O–H groups in total. The van der Waals surface area contributed by atoms with Crippen LogP contribution in [0, 0.1) is 0 Å². The van der Waals surface area contributed by atoms with Crippen LogP contribution in [0.25, 0.3) is 0 Å². The second-order valence-corrected chi connectivity index (χ2v) is 7.49. The van der Waals surface area contributed by atoms with Gasteiger partial charge in [0.1, 0.15) is 23.8 Å². The van der Waals surface area contributed by atoms with Crippen LogP contribution in [0.1, 0.15) is 0 Å². The topological polar surface area (TPSA) is 94.2 Å². The van der Waals surface area contributed by atoms with E-state index in [1.165, 1.54) is 21.3 Å². The number of nitrogens with one attached hydrogen (secondary N) is 1. The highest BCUT2D eigenvalue weighted by atomic mass is 32.2. The van der Waals surface area contributed by atoms with Crippen LogP contribution in [0.4, 0.5) is 11.4 Å². The van der Waals surface area contributed by atoms with E-state index in [0.717, 1.165) is 10.6 Å². The average molecular weight is 394 g/mol. The summed E-state index contributed by atoms with van der Waals surface area (Å²) in [5.74, 6) is 1.04. The van der Waals surface area contributed by atoms with E-state index in [1.54, 1.807) is 42.5 Å². The fourth-order valence-corrected chi connectivity index (χ4v) is 3.23. The van der Waals surface area contributed by atoms with Crippen molar-refractivity contribution in [2.45, 2.75) is 0 Å². The number of sulfonamides is 1. The van der Waals surface area contributed by atoms with Gasteiger partial charge in [-0.1, -0.05) is 0 Å². The first-order valence-corrected chi connectivity index (χ1v) is 9.77. The Hall–Kier alpha value is -2.94. The van der Waals surface area contributed by atoms with Crippen LogP contribution >= 0.6 is 0 Å². The zero-order valence-corrected chi connectivity index (χ0v) is 16.4. The van der Waals surface area contributed by atoms with Crippen molar-refractivity contribution in [3.8, 4) is 17.2 Å². The van der Waals surface area contributed by atoms with E-state index in [0.29, 0.717) is 28.6 Å². The van der Waals surface area contributed by atoms with E-state index in [-0.39, 0.29) is 6.54 Å². The van der Waals surface area contributed by atoms with Crippen LogP contribution in [-0.2, 0) is 14.8 Å².